The molecule has 1 aromatic heterocycles. The molecule has 0 unspecified atom stereocenters. The van der Waals surface area contributed by atoms with E-state index in [-0.39, 0.29) is 11.8 Å². The summed E-state index contributed by atoms with van der Waals surface area (Å²) in [5, 5.41) is 4.43. The predicted octanol–water partition coefficient (Wildman–Crippen LogP) is 5.91. The molecule has 0 aliphatic rings. The van der Waals surface area contributed by atoms with Crippen molar-refractivity contribution in [2.24, 2.45) is 4.99 Å². The Labute approximate surface area is 227 Å². The molecular formula is C24H21F9N4O3S. The topological polar surface area (TPSA) is 101 Å². The van der Waals surface area contributed by atoms with Gasteiger partial charge in [0.05, 0.1) is 33.2 Å². The molecular weight excluding hydrogens is 595 g/mol. The second kappa shape index (κ2) is 11.9. The van der Waals surface area contributed by atoms with Crippen molar-refractivity contribution in [3.63, 3.8) is 0 Å². The SMILES string of the molecule is C=N/C(=C\C(NC(=O)c1nc(-c2ccc(C(F)(F)F)cc2)c(C(F)(F)F)cc1S(=O)(=O)CC)=C(/C)NC)C(F)(F)F. The van der Waals surface area contributed by atoms with Gasteiger partial charge in [0.15, 0.2) is 9.84 Å². The molecule has 2 aromatic rings. The number of rotatable bonds is 8. The van der Waals surface area contributed by atoms with Gasteiger partial charge in [0.1, 0.15) is 11.4 Å². The Bertz CT molecular complexity index is 1490. The Morgan fingerprint density at radius 2 is 1.59 bits per heavy atom. The fourth-order valence-electron chi connectivity index (χ4n) is 3.21. The Balaban J connectivity index is 2.89. The minimum Gasteiger partial charge on any atom is -0.390 e. The summed E-state index contributed by atoms with van der Waals surface area (Å²) in [6, 6.07) is 2.29. The fraction of sp³-hybridized carbons (Fsp3) is 0.292. The number of amides is 1. The van der Waals surface area contributed by atoms with Crippen LogP contribution < -0.4 is 10.6 Å². The van der Waals surface area contributed by atoms with E-state index in [4.69, 9.17) is 0 Å². The van der Waals surface area contributed by atoms with E-state index in [1.807, 2.05) is 5.32 Å². The van der Waals surface area contributed by atoms with Crippen LogP contribution in [0.2, 0.25) is 0 Å². The third kappa shape index (κ3) is 7.86. The third-order valence-corrected chi connectivity index (χ3v) is 7.22. The maximum Gasteiger partial charge on any atom is 0.433 e. The number of halogens is 9. The lowest BCUT2D eigenvalue weighted by atomic mass is 10.0. The number of aliphatic imine (C=N–C) groups is 1. The monoisotopic (exact) mass is 616 g/mol. The Kier molecular flexibility index (Phi) is 9.69. The highest BCUT2D eigenvalue weighted by Crippen LogP contribution is 2.39. The highest BCUT2D eigenvalue weighted by molar-refractivity contribution is 7.91. The van der Waals surface area contributed by atoms with E-state index in [1.54, 1.807) is 0 Å². The number of nitrogens with one attached hydrogen (secondary N) is 2. The van der Waals surface area contributed by atoms with Gasteiger partial charge in [0.2, 0.25) is 0 Å². The van der Waals surface area contributed by atoms with Crippen LogP contribution in [0.3, 0.4) is 0 Å². The van der Waals surface area contributed by atoms with Gasteiger partial charge in [-0.1, -0.05) is 19.1 Å². The molecule has 0 fully saturated rings. The van der Waals surface area contributed by atoms with Crippen LogP contribution in [0.4, 0.5) is 39.5 Å². The van der Waals surface area contributed by atoms with Crippen molar-refractivity contribution in [1.29, 1.82) is 0 Å². The van der Waals surface area contributed by atoms with Gasteiger partial charge in [0, 0.05) is 18.3 Å². The Morgan fingerprint density at radius 3 is 2.00 bits per heavy atom. The maximum atomic E-state index is 14.0. The van der Waals surface area contributed by atoms with Crippen LogP contribution in [-0.2, 0) is 22.2 Å². The van der Waals surface area contributed by atoms with Gasteiger partial charge in [-0.3, -0.25) is 9.79 Å². The van der Waals surface area contributed by atoms with Gasteiger partial charge >= 0.3 is 18.5 Å². The summed E-state index contributed by atoms with van der Waals surface area (Å²) >= 11 is 0. The molecule has 7 nitrogen and oxygen atoms in total. The lowest BCUT2D eigenvalue weighted by Crippen LogP contribution is -2.29. The molecule has 1 aromatic carbocycles. The molecule has 0 aliphatic carbocycles. The smallest absolute Gasteiger partial charge is 0.390 e. The first-order chi connectivity index (χ1) is 18.7. The summed E-state index contributed by atoms with van der Waals surface area (Å²) in [5.41, 5.74) is -8.00. The van der Waals surface area contributed by atoms with Crippen molar-refractivity contribution in [2.75, 3.05) is 12.8 Å². The zero-order valence-electron chi connectivity index (χ0n) is 21.3. The lowest BCUT2D eigenvalue weighted by molar-refractivity contribution is -0.138. The summed E-state index contributed by atoms with van der Waals surface area (Å²) in [7, 11) is -3.36. The first-order valence-electron chi connectivity index (χ1n) is 11.2. The first-order valence-corrected chi connectivity index (χ1v) is 12.8. The van der Waals surface area contributed by atoms with E-state index >= 15 is 0 Å². The Morgan fingerprint density at radius 1 is 1.02 bits per heavy atom. The average molecular weight is 617 g/mol. The molecule has 2 N–H and O–H groups in total. The average Bonchev–Trinajstić information content (AvgIpc) is 2.87. The number of hydrogen-bond acceptors (Lipinski definition) is 6. The molecule has 2 rings (SSSR count). The number of nitrogens with zero attached hydrogens (tertiary/aromatic N) is 2. The number of aromatic nitrogens is 1. The van der Waals surface area contributed by atoms with Crippen LogP contribution in [0.5, 0.6) is 0 Å². The summed E-state index contributed by atoms with van der Waals surface area (Å²) < 4.78 is 146. The molecule has 224 valence electrons. The van der Waals surface area contributed by atoms with Gasteiger partial charge in [-0.25, -0.2) is 13.4 Å². The van der Waals surface area contributed by atoms with Crippen molar-refractivity contribution in [3.8, 4) is 11.3 Å². The van der Waals surface area contributed by atoms with Crippen LogP contribution in [0.1, 0.15) is 35.5 Å². The van der Waals surface area contributed by atoms with Crippen LogP contribution >= 0.6 is 0 Å². The summed E-state index contributed by atoms with van der Waals surface area (Å²) in [6.07, 6.45) is -14.8. The molecule has 0 bridgehead atoms. The highest BCUT2D eigenvalue weighted by atomic mass is 32.2. The fourth-order valence-corrected chi connectivity index (χ4v) is 4.25. The van der Waals surface area contributed by atoms with E-state index in [1.165, 1.54) is 14.0 Å². The van der Waals surface area contributed by atoms with Gasteiger partial charge in [-0.2, -0.15) is 39.5 Å². The van der Waals surface area contributed by atoms with Crippen molar-refractivity contribution in [2.45, 2.75) is 37.3 Å². The number of sulfone groups is 1. The molecule has 0 aliphatic heterocycles. The maximum absolute atomic E-state index is 14.0. The normalized spacial score (nSPS) is 13.9. The molecule has 1 amide bonds. The standard InChI is InChI=1S/C24H21F9N4O3S/c1-5-41(39,40)17-10-15(23(28,29)30)19(13-6-8-14(9-7-13)22(25,26)27)37-20(17)21(38)36-16(12(2)34-3)11-18(35-4)24(31,32)33/h6-11,34H,4-5H2,1-3H3,(H,36,38)/b16-12-,18-11-. The van der Waals surface area contributed by atoms with Crippen molar-refractivity contribution >= 4 is 22.5 Å². The van der Waals surface area contributed by atoms with Gasteiger partial charge in [-0.15, -0.1) is 0 Å². The summed E-state index contributed by atoms with van der Waals surface area (Å²) in [4.78, 5) is 18.4. The summed E-state index contributed by atoms with van der Waals surface area (Å²) in [6.45, 7) is 5.06. The first kappa shape index (κ1) is 33.3. The number of hydrogen-bond donors (Lipinski definition) is 2. The Hall–Kier alpha value is -3.89. The molecule has 17 heteroatoms. The minimum atomic E-state index is -5.29. The zero-order chi connectivity index (χ0) is 31.6. The van der Waals surface area contributed by atoms with E-state index in [9.17, 15) is 52.7 Å². The van der Waals surface area contributed by atoms with Crippen molar-refractivity contribution in [1.82, 2.24) is 15.6 Å². The van der Waals surface area contributed by atoms with Crippen LogP contribution in [0.15, 0.2) is 63.4 Å². The van der Waals surface area contributed by atoms with E-state index in [2.05, 4.69) is 22.0 Å². The van der Waals surface area contributed by atoms with Crippen molar-refractivity contribution in [3.05, 3.63) is 70.3 Å². The van der Waals surface area contributed by atoms with Crippen molar-refractivity contribution < 1.29 is 52.7 Å². The molecule has 0 saturated carbocycles. The van der Waals surface area contributed by atoms with Gasteiger partial charge in [-0.05, 0) is 37.9 Å². The van der Waals surface area contributed by atoms with Crippen LogP contribution in [0, 0.1) is 0 Å². The van der Waals surface area contributed by atoms with Crippen LogP contribution in [0.25, 0.3) is 11.3 Å². The molecule has 0 radical (unpaired) electrons. The minimum absolute atomic E-state index is 0.102. The third-order valence-electron chi connectivity index (χ3n) is 5.48. The largest absolute Gasteiger partial charge is 0.433 e. The number of carbonyl (C=O) groups excluding carboxylic acids is 1. The lowest BCUT2D eigenvalue weighted by Gasteiger charge is -2.18. The predicted molar refractivity (Wildman–Crippen MR) is 130 cm³/mol. The zero-order valence-corrected chi connectivity index (χ0v) is 22.1. The van der Waals surface area contributed by atoms with Crippen LogP contribution in [-0.4, -0.2) is 45.0 Å². The number of pyridine rings is 1. The van der Waals surface area contributed by atoms with E-state index < -0.39 is 84.4 Å². The number of alkyl halides is 9. The van der Waals surface area contributed by atoms with E-state index in [0.717, 1.165) is 6.92 Å². The highest BCUT2D eigenvalue weighted by Gasteiger charge is 2.39. The quantitative estimate of drug-likeness (QED) is 0.218. The molecule has 0 saturated heterocycles. The van der Waals surface area contributed by atoms with E-state index in [0.29, 0.717) is 30.3 Å². The molecule has 0 spiro atoms. The second-order valence-corrected chi connectivity index (χ2v) is 10.4. The van der Waals surface area contributed by atoms with Gasteiger partial charge < -0.3 is 10.6 Å². The molecule has 41 heavy (non-hydrogen) atoms. The summed E-state index contributed by atoms with van der Waals surface area (Å²) in [5.74, 6) is -2.34. The number of allylic oxidation sites excluding steroid dienone is 3. The second-order valence-electron chi connectivity index (χ2n) is 8.14. The molecule has 1 heterocycles. The number of benzene rings is 1. The number of carbonyl (C=O) groups is 1. The van der Waals surface area contributed by atoms with Gasteiger partial charge in [0.25, 0.3) is 5.91 Å². The molecule has 0 atom stereocenters.